The standard InChI is InChI=1S/C10H7Cl2NO/c11-8-2-1-6-7(10(8)12)3-4-13-9(6)5-14/h1-4,14H,5H2. The van der Waals surface area contributed by atoms with Gasteiger partial charge >= 0.3 is 0 Å². The molecular weight excluding hydrogens is 221 g/mol. The Bertz CT molecular complexity index is 485. The number of hydrogen-bond acceptors (Lipinski definition) is 2. The third-order valence-electron chi connectivity index (χ3n) is 2.06. The van der Waals surface area contributed by atoms with Crippen molar-refractivity contribution in [3.8, 4) is 0 Å². The molecule has 14 heavy (non-hydrogen) atoms. The molecule has 0 aliphatic heterocycles. The van der Waals surface area contributed by atoms with Crippen molar-refractivity contribution in [2.24, 2.45) is 0 Å². The molecule has 1 N–H and O–H groups in total. The molecule has 1 heterocycles. The molecule has 0 saturated heterocycles. The summed E-state index contributed by atoms with van der Waals surface area (Å²) in [5.41, 5.74) is 0.612. The minimum absolute atomic E-state index is 0.102. The maximum atomic E-state index is 9.06. The zero-order valence-electron chi connectivity index (χ0n) is 7.17. The van der Waals surface area contributed by atoms with Crippen LogP contribution in [0.2, 0.25) is 10.0 Å². The van der Waals surface area contributed by atoms with Gasteiger partial charge < -0.3 is 5.11 Å². The maximum Gasteiger partial charge on any atom is 0.0859 e. The number of benzene rings is 1. The Labute approximate surface area is 91.1 Å². The van der Waals surface area contributed by atoms with Crippen molar-refractivity contribution in [1.29, 1.82) is 0 Å². The summed E-state index contributed by atoms with van der Waals surface area (Å²) >= 11 is 11.9. The van der Waals surface area contributed by atoms with Gasteiger partial charge in [0.15, 0.2) is 0 Å². The van der Waals surface area contributed by atoms with Gasteiger partial charge in [-0.3, -0.25) is 4.98 Å². The van der Waals surface area contributed by atoms with E-state index in [0.717, 1.165) is 10.8 Å². The van der Waals surface area contributed by atoms with Gasteiger partial charge in [0.2, 0.25) is 0 Å². The molecule has 0 amide bonds. The van der Waals surface area contributed by atoms with Gasteiger partial charge in [-0.25, -0.2) is 0 Å². The highest BCUT2D eigenvalue weighted by Crippen LogP contribution is 2.31. The van der Waals surface area contributed by atoms with E-state index in [1.54, 1.807) is 18.3 Å². The van der Waals surface area contributed by atoms with Crippen LogP contribution in [-0.2, 0) is 6.61 Å². The molecular formula is C10H7Cl2NO. The van der Waals surface area contributed by atoms with E-state index in [1.165, 1.54) is 0 Å². The number of pyridine rings is 1. The van der Waals surface area contributed by atoms with Gasteiger partial charge in [-0.15, -0.1) is 0 Å². The van der Waals surface area contributed by atoms with E-state index in [-0.39, 0.29) is 6.61 Å². The lowest BCUT2D eigenvalue weighted by Crippen LogP contribution is -1.90. The van der Waals surface area contributed by atoms with Gasteiger partial charge in [0.25, 0.3) is 0 Å². The van der Waals surface area contributed by atoms with E-state index >= 15 is 0 Å². The fraction of sp³-hybridized carbons (Fsp3) is 0.100. The van der Waals surface area contributed by atoms with Crippen LogP contribution in [0.3, 0.4) is 0 Å². The molecule has 0 saturated carbocycles. The first-order valence-corrected chi connectivity index (χ1v) is 4.82. The molecule has 0 atom stereocenters. The van der Waals surface area contributed by atoms with Crippen LogP contribution in [0.4, 0.5) is 0 Å². The van der Waals surface area contributed by atoms with Crippen LogP contribution in [0, 0.1) is 0 Å². The first kappa shape index (κ1) is 9.71. The number of aromatic nitrogens is 1. The molecule has 72 valence electrons. The van der Waals surface area contributed by atoms with E-state index < -0.39 is 0 Å². The van der Waals surface area contributed by atoms with Crippen molar-refractivity contribution >= 4 is 34.0 Å². The van der Waals surface area contributed by atoms with Crippen molar-refractivity contribution in [1.82, 2.24) is 4.98 Å². The largest absolute Gasteiger partial charge is 0.390 e. The summed E-state index contributed by atoms with van der Waals surface area (Å²) < 4.78 is 0. The zero-order chi connectivity index (χ0) is 10.1. The van der Waals surface area contributed by atoms with Crippen LogP contribution >= 0.6 is 23.2 Å². The van der Waals surface area contributed by atoms with Gasteiger partial charge in [0.1, 0.15) is 0 Å². The number of aliphatic hydroxyl groups is 1. The van der Waals surface area contributed by atoms with Crippen molar-refractivity contribution in [2.45, 2.75) is 6.61 Å². The minimum atomic E-state index is -0.102. The highest BCUT2D eigenvalue weighted by atomic mass is 35.5. The zero-order valence-corrected chi connectivity index (χ0v) is 8.68. The Morgan fingerprint density at radius 2 is 1.93 bits per heavy atom. The quantitative estimate of drug-likeness (QED) is 0.813. The van der Waals surface area contributed by atoms with Gasteiger partial charge in [0.05, 0.1) is 22.3 Å². The monoisotopic (exact) mass is 227 g/mol. The summed E-state index contributed by atoms with van der Waals surface area (Å²) in [6.07, 6.45) is 1.61. The summed E-state index contributed by atoms with van der Waals surface area (Å²) in [7, 11) is 0. The molecule has 0 radical (unpaired) electrons. The normalized spacial score (nSPS) is 10.8. The Balaban J connectivity index is 2.86. The fourth-order valence-corrected chi connectivity index (χ4v) is 1.77. The Morgan fingerprint density at radius 3 is 2.64 bits per heavy atom. The second-order valence-electron chi connectivity index (χ2n) is 2.87. The molecule has 2 aromatic rings. The topological polar surface area (TPSA) is 33.1 Å². The molecule has 4 heteroatoms. The van der Waals surface area contributed by atoms with E-state index in [0.29, 0.717) is 15.7 Å². The van der Waals surface area contributed by atoms with Crippen LogP contribution in [0.1, 0.15) is 5.69 Å². The van der Waals surface area contributed by atoms with Crippen LogP contribution in [0.25, 0.3) is 10.8 Å². The molecule has 0 fully saturated rings. The number of halogens is 2. The van der Waals surface area contributed by atoms with Crippen LogP contribution in [0.5, 0.6) is 0 Å². The molecule has 2 nitrogen and oxygen atoms in total. The number of rotatable bonds is 1. The molecule has 0 aliphatic carbocycles. The fourth-order valence-electron chi connectivity index (χ4n) is 1.38. The van der Waals surface area contributed by atoms with Gasteiger partial charge in [-0.05, 0) is 12.1 Å². The summed E-state index contributed by atoms with van der Waals surface area (Å²) in [5.74, 6) is 0. The summed E-state index contributed by atoms with van der Waals surface area (Å²) in [6, 6.07) is 5.29. The third-order valence-corrected chi connectivity index (χ3v) is 2.88. The first-order chi connectivity index (χ1) is 6.74. The maximum absolute atomic E-state index is 9.06. The van der Waals surface area contributed by atoms with Crippen LogP contribution < -0.4 is 0 Å². The molecule has 0 spiro atoms. The molecule has 1 aromatic heterocycles. The summed E-state index contributed by atoms with van der Waals surface area (Å²) in [4.78, 5) is 4.04. The van der Waals surface area contributed by atoms with Crippen molar-refractivity contribution < 1.29 is 5.11 Å². The van der Waals surface area contributed by atoms with Crippen LogP contribution in [0.15, 0.2) is 24.4 Å². The lowest BCUT2D eigenvalue weighted by Gasteiger charge is -2.05. The number of nitrogens with zero attached hydrogens (tertiary/aromatic N) is 1. The minimum Gasteiger partial charge on any atom is -0.390 e. The lowest BCUT2D eigenvalue weighted by molar-refractivity contribution is 0.278. The summed E-state index contributed by atoms with van der Waals surface area (Å²) in [5, 5.41) is 11.7. The third kappa shape index (κ3) is 1.46. The number of aliphatic hydroxyl groups excluding tert-OH is 1. The van der Waals surface area contributed by atoms with E-state index in [4.69, 9.17) is 28.3 Å². The van der Waals surface area contributed by atoms with E-state index in [2.05, 4.69) is 4.98 Å². The SMILES string of the molecule is OCc1nccc2c(Cl)c(Cl)ccc12. The van der Waals surface area contributed by atoms with Gasteiger partial charge in [-0.1, -0.05) is 29.3 Å². The average molecular weight is 228 g/mol. The molecule has 0 aliphatic rings. The molecule has 2 rings (SSSR count). The highest BCUT2D eigenvalue weighted by Gasteiger charge is 2.06. The first-order valence-electron chi connectivity index (χ1n) is 4.06. The Hall–Kier alpha value is -0.830. The van der Waals surface area contributed by atoms with Crippen LogP contribution in [-0.4, -0.2) is 10.1 Å². The van der Waals surface area contributed by atoms with Gasteiger partial charge in [-0.2, -0.15) is 0 Å². The predicted molar refractivity (Wildman–Crippen MR) is 57.7 cm³/mol. The van der Waals surface area contributed by atoms with Gasteiger partial charge in [0, 0.05) is 17.0 Å². The number of hydrogen-bond donors (Lipinski definition) is 1. The molecule has 1 aromatic carbocycles. The molecule has 0 unspecified atom stereocenters. The smallest absolute Gasteiger partial charge is 0.0859 e. The van der Waals surface area contributed by atoms with E-state index in [1.807, 2.05) is 6.07 Å². The molecule has 0 bridgehead atoms. The van der Waals surface area contributed by atoms with Crippen molar-refractivity contribution in [2.75, 3.05) is 0 Å². The van der Waals surface area contributed by atoms with E-state index in [9.17, 15) is 0 Å². The van der Waals surface area contributed by atoms with Crippen molar-refractivity contribution in [3.05, 3.63) is 40.1 Å². The van der Waals surface area contributed by atoms with Crippen molar-refractivity contribution in [3.63, 3.8) is 0 Å². The Kier molecular flexibility index (Phi) is 2.59. The predicted octanol–water partition coefficient (Wildman–Crippen LogP) is 3.03. The highest BCUT2D eigenvalue weighted by molar-refractivity contribution is 6.45. The second kappa shape index (κ2) is 3.73. The summed E-state index contributed by atoms with van der Waals surface area (Å²) in [6.45, 7) is -0.102. The lowest BCUT2D eigenvalue weighted by atomic mass is 10.1. The second-order valence-corrected chi connectivity index (χ2v) is 3.66. The number of fused-ring (bicyclic) bond motifs is 1. The average Bonchev–Trinajstić information content (AvgIpc) is 2.23. The Morgan fingerprint density at radius 1 is 1.14 bits per heavy atom.